The molecule has 3 rings (SSSR count). The highest BCUT2D eigenvalue weighted by molar-refractivity contribution is 5.79. The van der Waals surface area contributed by atoms with Gasteiger partial charge < -0.3 is 5.32 Å². The number of piperidine rings is 1. The summed E-state index contributed by atoms with van der Waals surface area (Å²) < 4.78 is 41.7. The van der Waals surface area contributed by atoms with Crippen molar-refractivity contribution in [2.75, 3.05) is 6.54 Å². The summed E-state index contributed by atoms with van der Waals surface area (Å²) in [6.07, 6.45) is 0.120. The first-order valence-corrected chi connectivity index (χ1v) is 8.77. The van der Waals surface area contributed by atoms with Crippen LogP contribution in [0.2, 0.25) is 0 Å². The number of alkyl halides is 2. The van der Waals surface area contributed by atoms with Gasteiger partial charge in [-0.25, -0.2) is 17.9 Å². The largest absolute Gasteiger partial charge is 0.350 e. The van der Waals surface area contributed by atoms with E-state index in [0.29, 0.717) is 12.1 Å². The molecule has 0 bridgehead atoms. The molecule has 1 aliphatic heterocycles. The van der Waals surface area contributed by atoms with Crippen molar-refractivity contribution in [3.05, 3.63) is 59.0 Å². The van der Waals surface area contributed by atoms with Gasteiger partial charge in [0.1, 0.15) is 11.3 Å². The SMILES string of the molecule is CC(Cc1ccc(F)cc1)n1nc(CC2CC(F)(F)CNC2=O)ccc1=N. The highest BCUT2D eigenvalue weighted by atomic mass is 19.3. The molecule has 1 fully saturated rings. The minimum Gasteiger partial charge on any atom is -0.350 e. The summed E-state index contributed by atoms with van der Waals surface area (Å²) >= 11 is 0. The second kappa shape index (κ2) is 7.54. The summed E-state index contributed by atoms with van der Waals surface area (Å²) in [5, 5.41) is 14.7. The van der Waals surface area contributed by atoms with E-state index >= 15 is 0 Å². The average Bonchev–Trinajstić information content (AvgIpc) is 2.61. The number of amides is 1. The smallest absolute Gasteiger partial charge is 0.265 e. The second-order valence-corrected chi connectivity index (χ2v) is 7.01. The number of rotatable bonds is 5. The predicted octanol–water partition coefficient (Wildman–Crippen LogP) is 2.62. The molecule has 1 aliphatic rings. The van der Waals surface area contributed by atoms with Crippen LogP contribution in [-0.2, 0) is 17.6 Å². The van der Waals surface area contributed by atoms with E-state index in [0.717, 1.165) is 5.56 Å². The lowest BCUT2D eigenvalue weighted by atomic mass is 9.91. The molecule has 2 unspecified atom stereocenters. The van der Waals surface area contributed by atoms with Crippen LogP contribution in [0, 0.1) is 17.1 Å². The Morgan fingerprint density at radius 1 is 1.30 bits per heavy atom. The van der Waals surface area contributed by atoms with Crippen molar-refractivity contribution in [1.29, 1.82) is 5.41 Å². The monoisotopic (exact) mass is 378 g/mol. The zero-order chi connectivity index (χ0) is 19.6. The molecular weight excluding hydrogens is 357 g/mol. The third-order valence-corrected chi connectivity index (χ3v) is 4.67. The number of carbonyl (C=O) groups excluding carboxylic acids is 1. The quantitative estimate of drug-likeness (QED) is 0.840. The minimum absolute atomic E-state index is 0.0883. The Morgan fingerprint density at radius 3 is 2.70 bits per heavy atom. The Balaban J connectivity index is 1.76. The van der Waals surface area contributed by atoms with Gasteiger partial charge in [0.25, 0.3) is 5.92 Å². The molecule has 5 nitrogen and oxygen atoms in total. The summed E-state index contributed by atoms with van der Waals surface area (Å²) in [7, 11) is 0. The Morgan fingerprint density at radius 2 is 2.00 bits per heavy atom. The van der Waals surface area contributed by atoms with Crippen LogP contribution in [0.1, 0.15) is 30.6 Å². The molecule has 27 heavy (non-hydrogen) atoms. The van der Waals surface area contributed by atoms with Crippen LogP contribution in [0.15, 0.2) is 36.4 Å². The van der Waals surface area contributed by atoms with Gasteiger partial charge in [0.2, 0.25) is 5.91 Å². The molecule has 8 heteroatoms. The molecule has 0 aliphatic carbocycles. The summed E-state index contributed by atoms with van der Waals surface area (Å²) in [6.45, 7) is 1.25. The van der Waals surface area contributed by atoms with E-state index in [9.17, 15) is 18.0 Å². The third-order valence-electron chi connectivity index (χ3n) is 4.67. The molecule has 2 atom stereocenters. The van der Waals surface area contributed by atoms with E-state index in [-0.39, 0.29) is 23.8 Å². The molecule has 0 spiro atoms. The fourth-order valence-electron chi connectivity index (χ4n) is 3.27. The van der Waals surface area contributed by atoms with Crippen LogP contribution in [0.3, 0.4) is 0 Å². The van der Waals surface area contributed by atoms with Crippen LogP contribution in [0.5, 0.6) is 0 Å². The third kappa shape index (κ3) is 4.75. The summed E-state index contributed by atoms with van der Waals surface area (Å²) in [5.74, 6) is -4.48. The lowest BCUT2D eigenvalue weighted by Gasteiger charge is -2.28. The number of hydrogen-bond donors (Lipinski definition) is 2. The van der Waals surface area contributed by atoms with Crippen LogP contribution in [-0.4, -0.2) is 28.2 Å². The van der Waals surface area contributed by atoms with Crippen molar-refractivity contribution in [1.82, 2.24) is 15.1 Å². The number of nitrogens with zero attached hydrogens (tertiary/aromatic N) is 2. The topological polar surface area (TPSA) is 70.8 Å². The van der Waals surface area contributed by atoms with Crippen molar-refractivity contribution in [2.24, 2.45) is 5.92 Å². The van der Waals surface area contributed by atoms with Gasteiger partial charge in [-0.3, -0.25) is 10.2 Å². The van der Waals surface area contributed by atoms with E-state index in [1.165, 1.54) is 16.8 Å². The van der Waals surface area contributed by atoms with Gasteiger partial charge in [-0.05, 0) is 43.2 Å². The first-order chi connectivity index (χ1) is 12.7. The Kier molecular flexibility index (Phi) is 5.34. The molecule has 2 aromatic rings. The molecule has 2 N–H and O–H groups in total. The maximum atomic E-state index is 13.6. The summed E-state index contributed by atoms with van der Waals surface area (Å²) in [5.41, 5.74) is 1.55. The van der Waals surface area contributed by atoms with Crippen molar-refractivity contribution in [3.63, 3.8) is 0 Å². The average molecular weight is 378 g/mol. The normalized spacial score (nSPS) is 20.1. The number of carbonyl (C=O) groups is 1. The molecule has 144 valence electrons. The number of nitrogens with one attached hydrogen (secondary N) is 2. The van der Waals surface area contributed by atoms with E-state index in [1.54, 1.807) is 24.3 Å². The Hall–Kier alpha value is -2.64. The Labute approximate surface area is 154 Å². The number of aromatic nitrogens is 2. The minimum atomic E-state index is -2.92. The molecule has 0 saturated carbocycles. The standard InChI is InChI=1S/C19H21F3N4O/c1-12(8-13-2-4-15(20)5-3-13)26-17(23)7-6-16(25-26)9-14-10-19(21,22)11-24-18(14)27/h2-7,12,14,23H,8-11H2,1H3,(H,24,27). The van der Waals surface area contributed by atoms with E-state index in [1.807, 2.05) is 6.92 Å². The van der Waals surface area contributed by atoms with Crippen molar-refractivity contribution < 1.29 is 18.0 Å². The summed E-state index contributed by atoms with van der Waals surface area (Å²) in [4.78, 5) is 11.9. The van der Waals surface area contributed by atoms with Crippen LogP contribution in [0.25, 0.3) is 0 Å². The van der Waals surface area contributed by atoms with Crippen LogP contribution >= 0.6 is 0 Å². The Bertz CT molecular complexity index is 879. The zero-order valence-electron chi connectivity index (χ0n) is 14.9. The molecule has 2 heterocycles. The van der Waals surface area contributed by atoms with Gasteiger partial charge in [0.05, 0.1) is 18.3 Å². The maximum absolute atomic E-state index is 13.6. The molecule has 1 saturated heterocycles. The highest BCUT2D eigenvalue weighted by Crippen LogP contribution is 2.28. The van der Waals surface area contributed by atoms with E-state index < -0.39 is 30.7 Å². The van der Waals surface area contributed by atoms with Gasteiger partial charge >= 0.3 is 0 Å². The van der Waals surface area contributed by atoms with E-state index in [2.05, 4.69) is 10.4 Å². The van der Waals surface area contributed by atoms with Gasteiger partial charge in [-0.15, -0.1) is 0 Å². The molecule has 1 aromatic carbocycles. The van der Waals surface area contributed by atoms with Crippen LogP contribution < -0.4 is 10.8 Å². The molecule has 1 amide bonds. The van der Waals surface area contributed by atoms with Gasteiger partial charge in [-0.1, -0.05) is 12.1 Å². The maximum Gasteiger partial charge on any atom is 0.265 e. The molecular formula is C19H21F3N4O. The number of halogens is 3. The zero-order valence-corrected chi connectivity index (χ0v) is 14.9. The van der Waals surface area contributed by atoms with Crippen LogP contribution in [0.4, 0.5) is 13.2 Å². The molecule has 0 radical (unpaired) electrons. The van der Waals surface area contributed by atoms with Crippen molar-refractivity contribution in [3.8, 4) is 0 Å². The van der Waals surface area contributed by atoms with Crippen molar-refractivity contribution in [2.45, 2.75) is 38.2 Å². The predicted molar refractivity (Wildman–Crippen MR) is 92.7 cm³/mol. The highest BCUT2D eigenvalue weighted by Gasteiger charge is 2.40. The second-order valence-electron chi connectivity index (χ2n) is 7.01. The van der Waals surface area contributed by atoms with Gasteiger partial charge in [0, 0.05) is 18.8 Å². The molecule has 1 aromatic heterocycles. The fraction of sp³-hybridized carbons (Fsp3) is 0.421. The first-order valence-electron chi connectivity index (χ1n) is 8.77. The summed E-state index contributed by atoms with van der Waals surface area (Å²) in [6, 6.07) is 9.04. The number of hydrogen-bond acceptors (Lipinski definition) is 3. The van der Waals surface area contributed by atoms with Crippen molar-refractivity contribution >= 4 is 5.91 Å². The van der Waals surface area contributed by atoms with Gasteiger partial charge in [-0.2, -0.15) is 5.10 Å². The van der Waals surface area contributed by atoms with Gasteiger partial charge in [0.15, 0.2) is 0 Å². The first kappa shape index (κ1) is 19.1. The lowest BCUT2D eigenvalue weighted by Crippen LogP contribution is -2.48. The fourth-order valence-corrected chi connectivity index (χ4v) is 3.27. The number of benzene rings is 1. The van der Waals surface area contributed by atoms with E-state index in [4.69, 9.17) is 5.41 Å². The lowest BCUT2D eigenvalue weighted by molar-refractivity contribution is -0.136.